The number of hydrogen-bond donors (Lipinski definition) is 1. The fourth-order valence-electron chi connectivity index (χ4n) is 3.14. The first-order valence-corrected chi connectivity index (χ1v) is 6.96. The van der Waals surface area contributed by atoms with Crippen LogP contribution in [0.25, 0.3) is 0 Å². The van der Waals surface area contributed by atoms with Gasteiger partial charge in [-0.25, -0.2) is 4.98 Å². The number of hydrogen-bond acceptors (Lipinski definition) is 4. The standard InChI is InChI=1S/C14H23N3O2/c1-4-12-16-8-9-17(12)11-6-5-7-14(10-11,15-2)13(18)19-3/h8-9,11,15H,4-7,10H2,1-3H3. The molecule has 1 aliphatic rings. The number of rotatable bonds is 4. The van der Waals surface area contributed by atoms with Crippen LogP contribution in [0.15, 0.2) is 12.4 Å². The fraction of sp³-hybridized carbons (Fsp3) is 0.714. The maximum atomic E-state index is 12.1. The molecule has 5 heteroatoms. The molecule has 0 saturated heterocycles. The number of nitrogens with one attached hydrogen (secondary N) is 1. The number of aromatic nitrogens is 2. The lowest BCUT2D eigenvalue weighted by Gasteiger charge is -2.39. The van der Waals surface area contributed by atoms with Crippen LogP contribution in [0.2, 0.25) is 0 Å². The minimum atomic E-state index is -0.549. The predicted octanol–water partition coefficient (Wildman–Crippen LogP) is 1.69. The monoisotopic (exact) mass is 265 g/mol. The third-order valence-electron chi connectivity index (χ3n) is 4.24. The van der Waals surface area contributed by atoms with Crippen molar-refractivity contribution in [2.45, 2.75) is 50.6 Å². The SMILES string of the molecule is CCc1nccn1C1CCCC(NC)(C(=O)OC)C1. The minimum Gasteiger partial charge on any atom is -0.468 e. The molecular formula is C14H23N3O2. The average Bonchev–Trinajstić information content (AvgIpc) is 2.94. The highest BCUT2D eigenvalue weighted by molar-refractivity contribution is 5.80. The van der Waals surface area contributed by atoms with Gasteiger partial charge in [-0.3, -0.25) is 4.79 Å². The number of likely N-dealkylation sites (N-methyl/N-ethyl adjacent to an activating group) is 1. The van der Waals surface area contributed by atoms with Crippen LogP contribution in [-0.4, -0.2) is 35.2 Å². The molecule has 1 aromatic heterocycles. The molecule has 106 valence electrons. The molecule has 0 aliphatic heterocycles. The van der Waals surface area contributed by atoms with E-state index in [-0.39, 0.29) is 5.97 Å². The molecule has 0 aromatic carbocycles. The molecular weight excluding hydrogens is 242 g/mol. The first-order chi connectivity index (χ1) is 9.16. The van der Waals surface area contributed by atoms with Crippen molar-refractivity contribution in [1.29, 1.82) is 0 Å². The summed E-state index contributed by atoms with van der Waals surface area (Å²) in [6.45, 7) is 2.10. The molecule has 1 N–H and O–H groups in total. The number of methoxy groups -OCH3 is 1. The summed E-state index contributed by atoms with van der Waals surface area (Å²) in [4.78, 5) is 16.5. The van der Waals surface area contributed by atoms with E-state index in [0.717, 1.165) is 37.9 Å². The smallest absolute Gasteiger partial charge is 0.326 e. The summed E-state index contributed by atoms with van der Waals surface area (Å²) in [7, 11) is 3.30. The molecule has 1 fully saturated rings. The Bertz CT molecular complexity index is 444. The van der Waals surface area contributed by atoms with Crippen LogP contribution in [0.3, 0.4) is 0 Å². The van der Waals surface area contributed by atoms with Crippen LogP contribution in [0.4, 0.5) is 0 Å². The topological polar surface area (TPSA) is 56.2 Å². The van der Waals surface area contributed by atoms with E-state index < -0.39 is 5.54 Å². The van der Waals surface area contributed by atoms with E-state index in [1.54, 1.807) is 0 Å². The first kappa shape index (κ1) is 14.1. The number of ether oxygens (including phenoxy) is 1. The summed E-state index contributed by atoms with van der Waals surface area (Å²) in [5, 5.41) is 3.19. The van der Waals surface area contributed by atoms with Crippen LogP contribution in [0, 0.1) is 0 Å². The van der Waals surface area contributed by atoms with Crippen LogP contribution < -0.4 is 5.32 Å². The van der Waals surface area contributed by atoms with Gasteiger partial charge in [0, 0.05) is 24.9 Å². The highest BCUT2D eigenvalue weighted by Crippen LogP contribution is 2.36. The van der Waals surface area contributed by atoms with Crippen molar-refractivity contribution in [2.24, 2.45) is 0 Å². The number of imidazole rings is 1. The molecule has 0 spiro atoms. The Kier molecular flexibility index (Phi) is 4.24. The maximum Gasteiger partial charge on any atom is 0.326 e. The number of esters is 1. The lowest BCUT2D eigenvalue weighted by Crippen LogP contribution is -2.54. The van der Waals surface area contributed by atoms with Gasteiger partial charge in [0.25, 0.3) is 0 Å². The molecule has 1 aliphatic carbocycles. The summed E-state index contributed by atoms with van der Waals surface area (Å²) < 4.78 is 7.20. The van der Waals surface area contributed by atoms with Gasteiger partial charge < -0.3 is 14.6 Å². The molecule has 2 atom stereocenters. The number of carbonyl (C=O) groups excluding carboxylic acids is 1. The van der Waals surface area contributed by atoms with Crippen molar-refractivity contribution in [2.75, 3.05) is 14.2 Å². The van der Waals surface area contributed by atoms with Gasteiger partial charge in [0.15, 0.2) is 0 Å². The molecule has 1 heterocycles. The van der Waals surface area contributed by atoms with E-state index in [2.05, 4.69) is 21.8 Å². The van der Waals surface area contributed by atoms with Crippen molar-refractivity contribution in [3.8, 4) is 0 Å². The van der Waals surface area contributed by atoms with Gasteiger partial charge in [-0.15, -0.1) is 0 Å². The van der Waals surface area contributed by atoms with E-state index in [0.29, 0.717) is 6.04 Å². The van der Waals surface area contributed by atoms with Gasteiger partial charge in [0.1, 0.15) is 11.4 Å². The molecule has 0 bridgehead atoms. The normalized spacial score (nSPS) is 27.2. The van der Waals surface area contributed by atoms with E-state index >= 15 is 0 Å². The summed E-state index contributed by atoms with van der Waals surface area (Å²) in [5.74, 6) is 0.930. The lowest BCUT2D eigenvalue weighted by molar-refractivity contribution is -0.150. The number of carbonyl (C=O) groups is 1. The Morgan fingerprint density at radius 3 is 3.11 bits per heavy atom. The zero-order chi connectivity index (χ0) is 13.9. The maximum absolute atomic E-state index is 12.1. The zero-order valence-corrected chi connectivity index (χ0v) is 12.0. The molecule has 0 amide bonds. The van der Waals surface area contributed by atoms with Gasteiger partial charge in [0.2, 0.25) is 0 Å². The molecule has 2 rings (SSSR count). The van der Waals surface area contributed by atoms with E-state index in [9.17, 15) is 4.79 Å². The average molecular weight is 265 g/mol. The van der Waals surface area contributed by atoms with Crippen LogP contribution >= 0.6 is 0 Å². The molecule has 5 nitrogen and oxygen atoms in total. The Morgan fingerprint density at radius 2 is 2.47 bits per heavy atom. The Morgan fingerprint density at radius 1 is 1.68 bits per heavy atom. The quantitative estimate of drug-likeness (QED) is 0.842. The summed E-state index contributed by atoms with van der Waals surface area (Å²) in [6.07, 6.45) is 8.47. The van der Waals surface area contributed by atoms with Gasteiger partial charge >= 0.3 is 5.97 Å². The van der Waals surface area contributed by atoms with Crippen molar-refractivity contribution in [1.82, 2.24) is 14.9 Å². The first-order valence-electron chi connectivity index (χ1n) is 6.96. The van der Waals surface area contributed by atoms with Crippen molar-refractivity contribution < 1.29 is 9.53 Å². The van der Waals surface area contributed by atoms with Crippen molar-refractivity contribution >= 4 is 5.97 Å². The number of nitrogens with zero attached hydrogens (tertiary/aromatic N) is 2. The Balaban J connectivity index is 2.23. The summed E-state index contributed by atoms with van der Waals surface area (Å²) in [6, 6.07) is 0.317. The van der Waals surface area contributed by atoms with E-state index in [1.165, 1.54) is 7.11 Å². The van der Waals surface area contributed by atoms with E-state index in [1.807, 2.05) is 19.4 Å². The second kappa shape index (κ2) is 5.74. The summed E-state index contributed by atoms with van der Waals surface area (Å²) in [5.41, 5.74) is -0.549. The molecule has 1 aromatic rings. The second-order valence-corrected chi connectivity index (χ2v) is 5.18. The fourth-order valence-corrected chi connectivity index (χ4v) is 3.14. The third kappa shape index (κ3) is 2.52. The minimum absolute atomic E-state index is 0.155. The van der Waals surface area contributed by atoms with Gasteiger partial charge in [-0.2, -0.15) is 0 Å². The molecule has 0 radical (unpaired) electrons. The summed E-state index contributed by atoms with van der Waals surface area (Å²) >= 11 is 0. The van der Waals surface area contributed by atoms with E-state index in [4.69, 9.17) is 4.74 Å². The van der Waals surface area contributed by atoms with Crippen molar-refractivity contribution in [3.05, 3.63) is 18.2 Å². The molecule has 2 unspecified atom stereocenters. The van der Waals surface area contributed by atoms with Gasteiger partial charge in [-0.1, -0.05) is 6.92 Å². The number of aryl methyl sites for hydroxylation is 1. The zero-order valence-electron chi connectivity index (χ0n) is 12.0. The van der Waals surface area contributed by atoms with Crippen LogP contribution in [0.5, 0.6) is 0 Å². The highest BCUT2D eigenvalue weighted by Gasteiger charge is 2.43. The Labute approximate surface area is 114 Å². The molecule has 1 saturated carbocycles. The highest BCUT2D eigenvalue weighted by atomic mass is 16.5. The second-order valence-electron chi connectivity index (χ2n) is 5.18. The predicted molar refractivity (Wildman–Crippen MR) is 72.9 cm³/mol. The van der Waals surface area contributed by atoms with Gasteiger partial charge in [-0.05, 0) is 32.7 Å². The van der Waals surface area contributed by atoms with Crippen LogP contribution in [-0.2, 0) is 16.0 Å². The third-order valence-corrected chi connectivity index (χ3v) is 4.24. The lowest BCUT2D eigenvalue weighted by atomic mass is 9.79. The largest absolute Gasteiger partial charge is 0.468 e. The van der Waals surface area contributed by atoms with Gasteiger partial charge in [0.05, 0.1) is 7.11 Å². The molecule has 19 heavy (non-hydrogen) atoms. The van der Waals surface area contributed by atoms with Crippen LogP contribution in [0.1, 0.15) is 44.5 Å². The van der Waals surface area contributed by atoms with Crippen molar-refractivity contribution in [3.63, 3.8) is 0 Å². The Hall–Kier alpha value is -1.36.